The fraction of sp³-hybridized carbons (Fsp3) is 0.286. The van der Waals surface area contributed by atoms with Crippen LogP contribution >= 0.6 is 11.8 Å². The van der Waals surface area contributed by atoms with Crippen molar-refractivity contribution >= 4 is 23.4 Å². The van der Waals surface area contributed by atoms with E-state index >= 15 is 0 Å². The Morgan fingerprint density at radius 3 is 2.48 bits per heavy atom. The summed E-state index contributed by atoms with van der Waals surface area (Å²) in [6.45, 7) is 8.08. The van der Waals surface area contributed by atoms with Crippen molar-refractivity contribution in [1.82, 2.24) is 14.8 Å². The number of nitrogens with zero attached hydrogens (tertiary/aromatic N) is 3. The van der Waals surface area contributed by atoms with E-state index in [4.69, 9.17) is 0 Å². The van der Waals surface area contributed by atoms with Gasteiger partial charge in [-0.15, -0.1) is 10.2 Å². The van der Waals surface area contributed by atoms with Crippen LogP contribution in [0.25, 0.3) is 5.69 Å². The van der Waals surface area contributed by atoms with Crippen LogP contribution in [0.2, 0.25) is 0 Å². The van der Waals surface area contributed by atoms with Gasteiger partial charge in [-0.2, -0.15) is 0 Å². The molecule has 3 aromatic rings. The van der Waals surface area contributed by atoms with Crippen molar-refractivity contribution in [2.24, 2.45) is 0 Å². The summed E-state index contributed by atoms with van der Waals surface area (Å²) in [4.78, 5) is 12.4. The number of aromatic nitrogens is 3. The van der Waals surface area contributed by atoms with E-state index in [1.165, 1.54) is 22.9 Å². The molecule has 0 aliphatic rings. The van der Waals surface area contributed by atoms with E-state index in [2.05, 4.69) is 52.8 Å². The molecule has 0 aliphatic heterocycles. The molecule has 0 fully saturated rings. The molecule has 0 saturated heterocycles. The highest BCUT2D eigenvalue weighted by Crippen LogP contribution is 2.23. The Morgan fingerprint density at radius 1 is 1.07 bits per heavy atom. The van der Waals surface area contributed by atoms with Crippen LogP contribution in [0.15, 0.2) is 47.6 Å². The number of nitrogens with one attached hydrogen (secondary N) is 1. The van der Waals surface area contributed by atoms with E-state index in [-0.39, 0.29) is 11.7 Å². The Kier molecular flexibility index (Phi) is 5.96. The van der Waals surface area contributed by atoms with Crippen molar-refractivity contribution in [1.29, 1.82) is 0 Å². The minimum Gasteiger partial charge on any atom is -0.325 e. The molecular weight excluding hydrogens is 356 g/mol. The maximum Gasteiger partial charge on any atom is 0.234 e. The van der Waals surface area contributed by atoms with Gasteiger partial charge < -0.3 is 5.32 Å². The molecule has 27 heavy (non-hydrogen) atoms. The van der Waals surface area contributed by atoms with Crippen molar-refractivity contribution in [3.63, 3.8) is 0 Å². The molecule has 1 aromatic heterocycles. The fourth-order valence-corrected chi connectivity index (χ4v) is 3.68. The molecule has 3 rings (SSSR count). The monoisotopic (exact) mass is 380 g/mol. The van der Waals surface area contributed by atoms with E-state index in [0.29, 0.717) is 5.16 Å². The maximum atomic E-state index is 12.4. The molecule has 1 N–H and O–H groups in total. The number of hydrogen-bond acceptors (Lipinski definition) is 4. The van der Waals surface area contributed by atoms with Crippen molar-refractivity contribution < 1.29 is 4.79 Å². The Hall–Kier alpha value is -2.60. The first-order valence-electron chi connectivity index (χ1n) is 8.99. The Balaban J connectivity index is 1.70. The van der Waals surface area contributed by atoms with Crippen LogP contribution in [-0.2, 0) is 11.2 Å². The average Bonchev–Trinajstić information content (AvgIpc) is 3.03. The molecule has 140 valence electrons. The summed E-state index contributed by atoms with van der Waals surface area (Å²) >= 11 is 1.39. The maximum absolute atomic E-state index is 12.4. The highest BCUT2D eigenvalue weighted by atomic mass is 32.2. The number of benzene rings is 2. The number of hydrogen-bond donors (Lipinski definition) is 1. The normalized spacial score (nSPS) is 10.8. The Labute approximate surface area is 164 Å². The minimum absolute atomic E-state index is 0.0551. The van der Waals surface area contributed by atoms with Gasteiger partial charge in [0.1, 0.15) is 5.82 Å². The molecule has 0 bridgehead atoms. The lowest BCUT2D eigenvalue weighted by Gasteiger charge is -2.10. The molecule has 1 heterocycles. The van der Waals surface area contributed by atoms with E-state index < -0.39 is 0 Å². The molecule has 0 aliphatic carbocycles. The summed E-state index contributed by atoms with van der Waals surface area (Å²) in [5.74, 6) is 1.02. The first-order chi connectivity index (χ1) is 13.0. The molecule has 2 aromatic carbocycles. The fourth-order valence-electron chi connectivity index (χ4n) is 2.88. The van der Waals surface area contributed by atoms with Crippen LogP contribution in [0, 0.1) is 20.8 Å². The summed E-state index contributed by atoms with van der Waals surface area (Å²) in [5.41, 5.74) is 5.37. The SMILES string of the molecule is CCc1ccc(-n2c(C)nnc2SCC(=O)Nc2ccc(C)cc2C)cc1. The summed E-state index contributed by atoms with van der Waals surface area (Å²) in [6.07, 6.45) is 1.00. The van der Waals surface area contributed by atoms with Gasteiger partial charge in [-0.3, -0.25) is 9.36 Å². The molecule has 0 unspecified atom stereocenters. The summed E-state index contributed by atoms with van der Waals surface area (Å²) < 4.78 is 1.98. The van der Waals surface area contributed by atoms with Crippen LogP contribution in [0.3, 0.4) is 0 Å². The number of carbonyl (C=O) groups excluding carboxylic acids is 1. The minimum atomic E-state index is -0.0551. The zero-order valence-electron chi connectivity index (χ0n) is 16.1. The number of carbonyl (C=O) groups is 1. The largest absolute Gasteiger partial charge is 0.325 e. The van der Waals surface area contributed by atoms with Crippen LogP contribution in [-0.4, -0.2) is 26.4 Å². The molecule has 1 amide bonds. The van der Waals surface area contributed by atoms with Crippen molar-refractivity contribution in [3.8, 4) is 5.69 Å². The smallest absolute Gasteiger partial charge is 0.234 e. The van der Waals surface area contributed by atoms with E-state index in [1.54, 1.807) is 0 Å². The third kappa shape index (κ3) is 4.57. The van der Waals surface area contributed by atoms with E-state index in [0.717, 1.165) is 29.2 Å². The highest BCUT2D eigenvalue weighted by Gasteiger charge is 2.14. The quantitative estimate of drug-likeness (QED) is 0.640. The third-order valence-electron chi connectivity index (χ3n) is 4.39. The topological polar surface area (TPSA) is 59.8 Å². The molecular formula is C21H24N4OS. The lowest BCUT2D eigenvalue weighted by Crippen LogP contribution is -2.15. The van der Waals surface area contributed by atoms with Crippen LogP contribution in [0.4, 0.5) is 5.69 Å². The number of thioether (sulfide) groups is 1. The van der Waals surface area contributed by atoms with Gasteiger partial charge in [-0.1, -0.05) is 48.5 Å². The highest BCUT2D eigenvalue weighted by molar-refractivity contribution is 7.99. The number of aryl methyl sites for hydroxylation is 4. The van der Waals surface area contributed by atoms with Gasteiger partial charge in [0.15, 0.2) is 5.16 Å². The number of rotatable bonds is 6. The zero-order valence-corrected chi connectivity index (χ0v) is 16.9. The molecule has 0 atom stereocenters. The lowest BCUT2D eigenvalue weighted by atomic mass is 10.1. The van der Waals surface area contributed by atoms with Crippen molar-refractivity contribution in [3.05, 3.63) is 65.0 Å². The van der Waals surface area contributed by atoms with Gasteiger partial charge in [0.2, 0.25) is 5.91 Å². The predicted molar refractivity (Wildman–Crippen MR) is 111 cm³/mol. The Bertz CT molecular complexity index is 947. The van der Waals surface area contributed by atoms with Crippen LogP contribution in [0.1, 0.15) is 29.4 Å². The first kappa shape index (κ1) is 19.2. The molecule has 0 radical (unpaired) electrons. The predicted octanol–water partition coefficient (Wildman–Crippen LogP) is 4.49. The van der Waals surface area contributed by atoms with Gasteiger partial charge in [-0.25, -0.2) is 0 Å². The zero-order chi connectivity index (χ0) is 19.4. The first-order valence-corrected chi connectivity index (χ1v) is 9.97. The van der Waals surface area contributed by atoms with Crippen molar-refractivity contribution in [2.75, 3.05) is 11.1 Å². The standard InChI is InChI=1S/C21H24N4OS/c1-5-17-7-9-18(10-8-17)25-16(4)23-24-21(25)27-13-20(26)22-19-11-6-14(2)12-15(19)3/h6-12H,5,13H2,1-4H3,(H,22,26). The molecule has 6 heteroatoms. The second-order valence-corrected chi connectivity index (χ2v) is 7.48. The lowest BCUT2D eigenvalue weighted by molar-refractivity contribution is -0.113. The molecule has 0 spiro atoms. The number of anilines is 1. The Morgan fingerprint density at radius 2 is 1.81 bits per heavy atom. The van der Waals surface area contributed by atoms with Gasteiger partial charge >= 0.3 is 0 Å². The second kappa shape index (κ2) is 8.39. The van der Waals surface area contributed by atoms with Crippen molar-refractivity contribution in [2.45, 2.75) is 39.3 Å². The van der Waals surface area contributed by atoms with Gasteiger partial charge in [-0.05, 0) is 56.5 Å². The van der Waals surface area contributed by atoms with Gasteiger partial charge in [0.25, 0.3) is 0 Å². The molecule has 0 saturated carbocycles. The van der Waals surface area contributed by atoms with Crippen LogP contribution in [0.5, 0.6) is 0 Å². The number of amides is 1. The van der Waals surface area contributed by atoms with E-state index in [1.807, 2.05) is 37.5 Å². The third-order valence-corrected chi connectivity index (χ3v) is 5.32. The van der Waals surface area contributed by atoms with Gasteiger partial charge in [0.05, 0.1) is 5.75 Å². The van der Waals surface area contributed by atoms with Gasteiger partial charge in [0, 0.05) is 11.4 Å². The summed E-state index contributed by atoms with van der Waals surface area (Å²) in [5, 5.41) is 12.1. The summed E-state index contributed by atoms with van der Waals surface area (Å²) in [6, 6.07) is 14.3. The van der Waals surface area contributed by atoms with E-state index in [9.17, 15) is 4.79 Å². The second-order valence-electron chi connectivity index (χ2n) is 6.54. The average molecular weight is 381 g/mol. The summed E-state index contributed by atoms with van der Waals surface area (Å²) in [7, 11) is 0. The molecule has 5 nitrogen and oxygen atoms in total. The van der Waals surface area contributed by atoms with Crippen LogP contribution < -0.4 is 5.32 Å².